The van der Waals surface area contributed by atoms with E-state index in [2.05, 4.69) is 5.10 Å². The first-order valence-electron chi connectivity index (χ1n) is 3.09. The molecule has 0 unspecified atom stereocenters. The van der Waals surface area contributed by atoms with Crippen molar-refractivity contribution in [3.05, 3.63) is 34.9 Å². The molecule has 0 amide bonds. The van der Waals surface area contributed by atoms with E-state index in [-0.39, 0.29) is 0 Å². The molecule has 11 heavy (non-hydrogen) atoms. The molecule has 0 aliphatic carbocycles. The zero-order chi connectivity index (χ0) is 8.27. The van der Waals surface area contributed by atoms with Crippen molar-refractivity contribution in [3.63, 3.8) is 0 Å². The highest BCUT2D eigenvalue weighted by Gasteiger charge is 2.01. The van der Waals surface area contributed by atoms with E-state index in [9.17, 15) is 0 Å². The summed E-state index contributed by atoms with van der Waals surface area (Å²) in [7, 11) is 0. The molecule has 1 aromatic rings. The van der Waals surface area contributed by atoms with E-state index in [0.29, 0.717) is 10.9 Å². The first-order chi connectivity index (χ1) is 5.24. The summed E-state index contributed by atoms with van der Waals surface area (Å²) >= 11 is 5.66. The topological polar surface area (TPSA) is 66.0 Å². The molecule has 0 fully saturated rings. The average molecular weight is 171 g/mol. The van der Waals surface area contributed by atoms with E-state index in [4.69, 9.17) is 23.2 Å². The first-order valence-corrected chi connectivity index (χ1v) is 3.47. The minimum Gasteiger partial charge on any atom is -0.285 e. The normalized spacial score (nSPS) is 11.5. The summed E-state index contributed by atoms with van der Waals surface area (Å²) in [5.41, 5.74) is 6.31. The maximum absolute atomic E-state index is 5.66. The van der Waals surface area contributed by atoms with Gasteiger partial charge >= 0.3 is 0 Å². The van der Waals surface area contributed by atoms with Gasteiger partial charge in [0.05, 0.1) is 5.56 Å². The van der Waals surface area contributed by atoms with Crippen molar-refractivity contribution >= 4 is 17.4 Å². The average Bonchev–Trinajstić information content (AvgIpc) is 2.05. The molecule has 4 heteroatoms. The Hall–Kier alpha value is -1.22. The minimum atomic E-state index is 0.432. The maximum Gasteiger partial charge on any atom is 0.295 e. The van der Waals surface area contributed by atoms with Crippen LogP contribution in [0.2, 0.25) is 5.02 Å². The van der Waals surface area contributed by atoms with Gasteiger partial charge in [-0.3, -0.25) is 11.6 Å². The monoisotopic (exact) mass is 170 g/mol. The van der Waals surface area contributed by atoms with Crippen molar-refractivity contribution in [1.29, 1.82) is 0 Å². The summed E-state index contributed by atoms with van der Waals surface area (Å²) in [4.78, 5) is 0. The van der Waals surface area contributed by atoms with Crippen molar-refractivity contribution < 1.29 is 5.10 Å². The standard InChI is InChI=1S/C7H8ClN3/c8-6-3-1-5(2-4-6)7(9)11-10/h1-4H,10H2,(H2,9,11)/p+1. The quantitative estimate of drug-likeness (QED) is 0.219. The van der Waals surface area contributed by atoms with E-state index in [1.165, 1.54) is 0 Å². The molecule has 0 heterocycles. The number of hydrogen-bond donors (Lipinski definition) is 3. The number of hydrazine groups is 1. The van der Waals surface area contributed by atoms with Gasteiger partial charge in [0.1, 0.15) is 0 Å². The number of hydrogen-bond acceptors (Lipinski definition) is 1. The molecule has 0 aromatic heterocycles. The van der Waals surface area contributed by atoms with Crippen molar-refractivity contribution in [1.82, 2.24) is 0 Å². The Balaban J connectivity index is 2.99. The third-order valence-electron chi connectivity index (χ3n) is 1.31. The Morgan fingerprint density at radius 1 is 1.27 bits per heavy atom. The van der Waals surface area contributed by atoms with Crippen LogP contribution in [0.4, 0.5) is 0 Å². The zero-order valence-corrected chi connectivity index (χ0v) is 6.60. The smallest absolute Gasteiger partial charge is 0.285 e. The minimum absolute atomic E-state index is 0.432. The van der Waals surface area contributed by atoms with E-state index in [1.54, 1.807) is 24.3 Å². The molecule has 0 spiro atoms. The number of rotatable bonds is 1. The summed E-state index contributed by atoms with van der Waals surface area (Å²) < 4.78 is 0. The van der Waals surface area contributed by atoms with Crippen LogP contribution >= 0.6 is 11.6 Å². The van der Waals surface area contributed by atoms with Gasteiger partial charge in [-0.2, -0.15) is 5.10 Å². The van der Waals surface area contributed by atoms with Crippen LogP contribution in [0.25, 0.3) is 0 Å². The fraction of sp³-hybridized carbons (Fsp3) is 0. The summed E-state index contributed by atoms with van der Waals surface area (Å²) in [6, 6.07) is 7.08. The Kier molecular flexibility index (Phi) is 2.33. The van der Waals surface area contributed by atoms with Crippen LogP contribution in [-0.2, 0) is 0 Å². The number of nitrogens with one attached hydrogen (secondary N) is 1. The second-order valence-corrected chi connectivity index (χ2v) is 2.50. The Bertz CT molecular complexity index is 266. The third-order valence-corrected chi connectivity index (χ3v) is 1.56. The van der Waals surface area contributed by atoms with Gasteiger partial charge in [-0.05, 0) is 24.3 Å². The van der Waals surface area contributed by atoms with Gasteiger partial charge in [0.2, 0.25) is 0 Å². The molecule has 0 bridgehead atoms. The zero-order valence-electron chi connectivity index (χ0n) is 5.84. The van der Waals surface area contributed by atoms with Gasteiger partial charge in [-0.15, -0.1) is 0 Å². The molecular weight excluding hydrogens is 162 g/mol. The Morgan fingerprint density at radius 2 is 1.82 bits per heavy atom. The van der Waals surface area contributed by atoms with Gasteiger partial charge in [-0.25, -0.2) is 0 Å². The van der Waals surface area contributed by atoms with Crippen LogP contribution in [0.5, 0.6) is 0 Å². The fourth-order valence-corrected chi connectivity index (χ4v) is 0.839. The highest BCUT2D eigenvalue weighted by atomic mass is 35.5. The van der Waals surface area contributed by atoms with Crippen molar-refractivity contribution in [3.8, 4) is 0 Å². The molecule has 0 radical (unpaired) electrons. The maximum atomic E-state index is 5.66. The fourth-order valence-electron chi connectivity index (χ4n) is 0.713. The molecule has 1 rings (SSSR count). The van der Waals surface area contributed by atoms with Crippen LogP contribution in [0.3, 0.4) is 0 Å². The molecule has 1 aromatic carbocycles. The Morgan fingerprint density at radius 3 is 2.27 bits per heavy atom. The Labute approximate surface area is 69.6 Å². The van der Waals surface area contributed by atoms with Crippen LogP contribution in [0.1, 0.15) is 5.56 Å². The molecule has 0 saturated carbocycles. The van der Waals surface area contributed by atoms with Gasteiger partial charge in [0, 0.05) is 5.02 Å². The number of hydrazone groups is 1. The second kappa shape index (κ2) is 3.25. The molecule has 58 valence electrons. The predicted octanol–water partition coefficient (Wildman–Crippen LogP) is -1.00. The summed E-state index contributed by atoms with van der Waals surface area (Å²) in [5.74, 6) is 5.53. The number of halogens is 1. The van der Waals surface area contributed by atoms with Crippen molar-refractivity contribution in [2.45, 2.75) is 0 Å². The lowest BCUT2D eigenvalue weighted by molar-refractivity contribution is -0.469. The first kappa shape index (κ1) is 7.88. The van der Waals surface area contributed by atoms with Crippen LogP contribution in [0, 0.1) is 0 Å². The predicted molar refractivity (Wildman–Crippen MR) is 44.9 cm³/mol. The lowest BCUT2D eigenvalue weighted by Gasteiger charge is -1.92. The van der Waals surface area contributed by atoms with Crippen LogP contribution in [0.15, 0.2) is 24.3 Å². The summed E-state index contributed by atoms with van der Waals surface area (Å²) in [5, 5.41) is 3.03. The molecule has 0 aliphatic heterocycles. The lowest BCUT2D eigenvalue weighted by atomic mass is 10.2. The molecular formula is C7H9ClN3+. The number of nitrogen functional groups attached to an aromatic ring is 1. The van der Waals surface area contributed by atoms with Gasteiger partial charge in [-0.1, -0.05) is 11.6 Å². The van der Waals surface area contributed by atoms with Gasteiger partial charge < -0.3 is 0 Å². The van der Waals surface area contributed by atoms with Crippen molar-refractivity contribution in [2.24, 2.45) is 11.6 Å². The van der Waals surface area contributed by atoms with E-state index < -0.39 is 0 Å². The second-order valence-electron chi connectivity index (χ2n) is 2.06. The number of nitrogens with two attached hydrogens (primary N) is 2. The van der Waals surface area contributed by atoms with Gasteiger partial charge in [0.15, 0.2) is 0 Å². The molecule has 3 nitrogen and oxygen atoms in total. The van der Waals surface area contributed by atoms with Gasteiger partial charge in [0.25, 0.3) is 5.84 Å². The van der Waals surface area contributed by atoms with E-state index >= 15 is 0 Å². The lowest BCUT2D eigenvalue weighted by Crippen LogP contribution is -2.82. The van der Waals surface area contributed by atoms with Crippen LogP contribution < -0.4 is 16.7 Å². The number of benzene rings is 1. The molecule has 0 saturated heterocycles. The molecule has 0 aliphatic rings. The highest BCUT2D eigenvalue weighted by Crippen LogP contribution is 2.07. The van der Waals surface area contributed by atoms with E-state index in [1.807, 2.05) is 0 Å². The summed E-state index contributed by atoms with van der Waals surface area (Å²) in [6.45, 7) is 0. The largest absolute Gasteiger partial charge is 0.295 e. The van der Waals surface area contributed by atoms with Crippen LogP contribution in [-0.4, -0.2) is 5.84 Å². The van der Waals surface area contributed by atoms with E-state index in [0.717, 1.165) is 5.56 Å². The highest BCUT2D eigenvalue weighted by molar-refractivity contribution is 6.30. The number of amidine groups is 1. The van der Waals surface area contributed by atoms with Crippen molar-refractivity contribution in [2.75, 3.05) is 0 Å². The molecule has 5 N–H and O–H groups in total. The SMILES string of the molecule is N[NH+]=C(N)c1ccc(Cl)cc1. The summed E-state index contributed by atoms with van der Waals surface area (Å²) in [6.07, 6.45) is 0. The molecule has 0 atom stereocenters. The third kappa shape index (κ3) is 1.85.